The first-order valence-electron chi connectivity index (χ1n) is 12.7. The van der Waals surface area contributed by atoms with Crippen molar-refractivity contribution < 1.29 is 30.6 Å². The van der Waals surface area contributed by atoms with Crippen molar-refractivity contribution in [2.24, 2.45) is 0 Å². The summed E-state index contributed by atoms with van der Waals surface area (Å²) in [7, 11) is 0. The molecule has 8 rings (SSSR count). The second-order valence-corrected chi connectivity index (χ2v) is 9.53. The molecule has 5 nitrogen and oxygen atoms in total. The summed E-state index contributed by atoms with van der Waals surface area (Å²) in [6.45, 7) is 0. The predicted octanol–water partition coefficient (Wildman–Crippen LogP) is 8.31. The van der Waals surface area contributed by atoms with Crippen molar-refractivity contribution in [2.45, 2.75) is 0 Å². The van der Waals surface area contributed by atoms with Gasteiger partial charge in [0, 0.05) is 48.8 Å². The fourth-order valence-electron chi connectivity index (χ4n) is 5.50. The van der Waals surface area contributed by atoms with Crippen molar-refractivity contribution in [1.82, 2.24) is 14.5 Å². The van der Waals surface area contributed by atoms with Crippen molar-refractivity contribution in [1.29, 1.82) is 0 Å². The zero-order chi connectivity index (χ0) is 25.9. The predicted molar refractivity (Wildman–Crippen MR) is 155 cm³/mol. The summed E-state index contributed by atoms with van der Waals surface area (Å²) in [5.74, 6) is 0.952. The number of pyridine rings is 2. The third-order valence-electron chi connectivity index (χ3n) is 7.26. The molecule has 0 aliphatic heterocycles. The van der Waals surface area contributed by atoms with Gasteiger partial charge >= 0.3 is 0 Å². The average molecular weight is 698 g/mol. The van der Waals surface area contributed by atoms with Gasteiger partial charge in [0.2, 0.25) is 0 Å². The van der Waals surface area contributed by atoms with Gasteiger partial charge in [0.1, 0.15) is 22.6 Å². The molecule has 0 amide bonds. The van der Waals surface area contributed by atoms with Gasteiger partial charge in [-0.05, 0) is 42.0 Å². The van der Waals surface area contributed by atoms with Crippen molar-refractivity contribution >= 4 is 43.9 Å². The number of hydrogen-bond acceptors (Lipinski definition) is 4. The molecule has 0 aliphatic rings. The Bertz CT molecular complexity index is 2160. The van der Waals surface area contributed by atoms with Crippen molar-refractivity contribution in [3.05, 3.63) is 121 Å². The number of nitrogens with zero attached hydrogens (tertiary/aromatic N) is 3. The molecule has 0 fully saturated rings. The second kappa shape index (κ2) is 9.48. The van der Waals surface area contributed by atoms with Crippen LogP contribution in [-0.4, -0.2) is 19.6 Å². The van der Waals surface area contributed by atoms with Crippen LogP contribution < -0.4 is 0 Å². The third kappa shape index (κ3) is 3.66. The molecular weight excluding hydrogens is 677 g/mol. The number of phenols is 1. The number of furan rings is 1. The Hall–Kier alpha value is -4.73. The molecule has 4 heterocycles. The van der Waals surface area contributed by atoms with Gasteiger partial charge in [0.05, 0.1) is 17.0 Å². The monoisotopic (exact) mass is 697 g/mol. The Morgan fingerprint density at radius 2 is 1.45 bits per heavy atom. The van der Waals surface area contributed by atoms with Crippen molar-refractivity contribution in [2.75, 3.05) is 0 Å². The second-order valence-electron chi connectivity index (χ2n) is 9.53. The minimum absolute atomic E-state index is 0. The van der Waals surface area contributed by atoms with Crippen LogP contribution in [0.4, 0.5) is 0 Å². The number of para-hydroxylation sites is 3. The number of benzene rings is 4. The summed E-state index contributed by atoms with van der Waals surface area (Å²) in [5, 5.41) is 14.7. The average Bonchev–Trinajstić information content (AvgIpc) is 3.53. The van der Waals surface area contributed by atoms with Crippen molar-refractivity contribution in [3.8, 4) is 34.0 Å². The number of phenolic OH excluding ortho intramolecular Hbond substituents is 1. The maximum absolute atomic E-state index is 10.5. The Morgan fingerprint density at radius 1 is 0.700 bits per heavy atom. The molecule has 0 bridgehead atoms. The summed E-state index contributed by atoms with van der Waals surface area (Å²) < 4.78 is 8.51. The van der Waals surface area contributed by atoms with Gasteiger partial charge < -0.3 is 9.52 Å². The number of aromatic nitrogens is 3. The van der Waals surface area contributed by atoms with Crippen molar-refractivity contribution in [3.63, 3.8) is 0 Å². The van der Waals surface area contributed by atoms with Gasteiger partial charge in [-0.1, -0.05) is 60.2 Å². The molecule has 0 radical (unpaired) electrons. The van der Waals surface area contributed by atoms with E-state index in [0.29, 0.717) is 16.8 Å². The van der Waals surface area contributed by atoms with Crippen LogP contribution in [0.15, 0.2) is 120 Å². The van der Waals surface area contributed by atoms with Gasteiger partial charge in [-0.25, -0.2) is 4.98 Å². The Kier molecular flexibility index (Phi) is 5.76. The largest absolute Gasteiger partial charge is 0.515 e. The standard InChI is InChI=1S/C34H20N3O2.Pt/c38-29-16-5-2-11-23(29)21-9-7-10-22(19-21)32-33-27(25-13-3-6-17-30(25)39-33)20-31(36-32)37-28-15-4-1-12-24(28)26-14-8-18-35-34(26)37;/h1-18,20,38H;/q-1;. The smallest absolute Gasteiger partial charge is 0.146 e. The van der Waals surface area contributed by atoms with E-state index in [9.17, 15) is 5.11 Å². The van der Waals surface area contributed by atoms with E-state index in [2.05, 4.69) is 41.0 Å². The zero-order valence-corrected chi connectivity index (χ0v) is 23.3. The van der Waals surface area contributed by atoms with Crippen LogP contribution in [0.5, 0.6) is 5.75 Å². The van der Waals surface area contributed by atoms with E-state index in [0.717, 1.165) is 55.2 Å². The maximum Gasteiger partial charge on any atom is 0.146 e. The summed E-state index contributed by atoms with van der Waals surface area (Å²) in [6.07, 6.45) is 1.81. The summed E-state index contributed by atoms with van der Waals surface area (Å²) in [5.41, 5.74) is 6.31. The Labute approximate surface area is 243 Å². The maximum atomic E-state index is 10.5. The van der Waals surface area contributed by atoms with Gasteiger partial charge in [-0.2, -0.15) is 0 Å². The molecule has 1 N–H and O–H groups in total. The van der Waals surface area contributed by atoms with E-state index < -0.39 is 0 Å². The van der Waals surface area contributed by atoms with Crippen LogP contribution >= 0.6 is 0 Å². The summed E-state index contributed by atoms with van der Waals surface area (Å²) in [4.78, 5) is 9.96. The van der Waals surface area contributed by atoms with E-state index in [1.165, 1.54) is 0 Å². The topological polar surface area (TPSA) is 64.1 Å². The molecule has 0 saturated carbocycles. The first kappa shape index (κ1) is 24.3. The van der Waals surface area contributed by atoms with E-state index in [4.69, 9.17) is 14.4 Å². The molecule has 0 unspecified atom stereocenters. The van der Waals surface area contributed by atoms with Crippen LogP contribution in [0, 0.1) is 6.07 Å². The molecule has 0 atom stereocenters. The first-order chi connectivity index (χ1) is 19.3. The number of rotatable bonds is 3. The molecule has 0 saturated heterocycles. The minimum Gasteiger partial charge on any atom is -0.515 e. The molecule has 8 aromatic rings. The quantitative estimate of drug-likeness (QED) is 0.189. The molecule has 4 aromatic carbocycles. The van der Waals surface area contributed by atoms with Crippen LogP contribution in [0.2, 0.25) is 0 Å². The molecule has 40 heavy (non-hydrogen) atoms. The SMILES string of the molecule is Oc1ccccc1-c1[c-]c(-c2nc(-n3c4ccccc4c4cccnc43)cc3c2oc2ccccc23)ccc1.[Pt]. The zero-order valence-electron chi connectivity index (χ0n) is 21.0. The van der Waals surface area contributed by atoms with Gasteiger partial charge in [0.15, 0.2) is 0 Å². The van der Waals surface area contributed by atoms with Crippen LogP contribution in [0.3, 0.4) is 0 Å². The van der Waals surface area contributed by atoms with E-state index in [1.54, 1.807) is 6.07 Å². The Morgan fingerprint density at radius 3 is 2.35 bits per heavy atom. The number of aromatic hydroxyl groups is 1. The van der Waals surface area contributed by atoms with Crippen LogP contribution in [0.25, 0.3) is 72.1 Å². The molecule has 4 aromatic heterocycles. The molecular formula is C34H20N3O2Pt-. The van der Waals surface area contributed by atoms with Gasteiger partial charge in [-0.15, -0.1) is 29.8 Å². The molecule has 194 valence electrons. The Balaban J connectivity index is 0.00000264. The first-order valence-corrected chi connectivity index (χ1v) is 12.7. The summed E-state index contributed by atoms with van der Waals surface area (Å²) in [6, 6.07) is 39.1. The third-order valence-corrected chi connectivity index (χ3v) is 7.26. The minimum atomic E-state index is 0. The summed E-state index contributed by atoms with van der Waals surface area (Å²) >= 11 is 0. The van der Waals surface area contributed by atoms with Gasteiger partial charge in [0.25, 0.3) is 0 Å². The molecule has 0 spiro atoms. The van der Waals surface area contributed by atoms with E-state index >= 15 is 0 Å². The fraction of sp³-hybridized carbons (Fsp3) is 0. The molecule has 6 heteroatoms. The molecule has 0 aliphatic carbocycles. The number of fused-ring (bicyclic) bond motifs is 6. The van der Waals surface area contributed by atoms with E-state index in [1.807, 2.05) is 79.0 Å². The number of hydrogen-bond donors (Lipinski definition) is 1. The van der Waals surface area contributed by atoms with Gasteiger partial charge in [-0.3, -0.25) is 9.55 Å². The fourth-order valence-corrected chi connectivity index (χ4v) is 5.50. The van der Waals surface area contributed by atoms with E-state index in [-0.39, 0.29) is 26.8 Å². The normalized spacial score (nSPS) is 11.4. The van der Waals surface area contributed by atoms with Crippen LogP contribution in [0.1, 0.15) is 0 Å². The van der Waals surface area contributed by atoms with Crippen LogP contribution in [-0.2, 0) is 21.1 Å².